The summed E-state index contributed by atoms with van der Waals surface area (Å²) >= 11 is 6.43. The third kappa shape index (κ3) is 3.87. The van der Waals surface area contributed by atoms with E-state index in [4.69, 9.17) is 16.3 Å². The molecule has 1 fully saturated rings. The van der Waals surface area contributed by atoms with Crippen LogP contribution in [0.15, 0.2) is 55.0 Å². The van der Waals surface area contributed by atoms with Gasteiger partial charge in [-0.15, -0.1) is 0 Å². The van der Waals surface area contributed by atoms with Crippen molar-refractivity contribution in [2.45, 2.75) is 0 Å². The minimum atomic E-state index is 0.433. The Hall–Kier alpha value is -3.36. The number of anilines is 3. The summed E-state index contributed by atoms with van der Waals surface area (Å²) in [6.45, 7) is 3.90. The Kier molecular flexibility index (Phi) is 5.31. The molecule has 8 nitrogen and oxygen atoms in total. The summed E-state index contributed by atoms with van der Waals surface area (Å²) in [5, 5.41) is 11.5. The van der Waals surface area contributed by atoms with Crippen LogP contribution in [0.1, 0.15) is 0 Å². The topological polar surface area (TPSA) is 79.6 Å². The van der Waals surface area contributed by atoms with E-state index in [0.29, 0.717) is 16.7 Å². The molecule has 0 unspecified atom stereocenters. The van der Waals surface area contributed by atoms with E-state index in [2.05, 4.69) is 36.7 Å². The molecule has 4 aromatic rings. The number of aromatic nitrogens is 4. The largest absolute Gasteiger partial charge is 0.494 e. The average molecular weight is 436 g/mol. The first-order chi connectivity index (χ1) is 15.2. The standard InChI is InChI=1S/C22H22ClN7O/c1-31-20-12-15(29-10-7-24-8-11-29)5-6-18(20)27-22-25-14-17(23)21(28-22)16-13-26-30-9-3-2-4-19(16)30/h2-6,9,12-14,24H,7-8,10-11H2,1H3,(H,25,27,28). The summed E-state index contributed by atoms with van der Waals surface area (Å²) in [5.41, 5.74) is 4.31. The number of benzene rings is 1. The van der Waals surface area contributed by atoms with Gasteiger partial charge in [-0.25, -0.2) is 14.5 Å². The number of nitrogens with one attached hydrogen (secondary N) is 2. The molecule has 4 heterocycles. The van der Waals surface area contributed by atoms with E-state index in [1.165, 1.54) is 0 Å². The molecule has 0 bridgehead atoms. The molecule has 0 aliphatic carbocycles. The number of piperazine rings is 1. The van der Waals surface area contributed by atoms with E-state index in [-0.39, 0.29) is 0 Å². The molecule has 0 amide bonds. The van der Waals surface area contributed by atoms with Gasteiger partial charge in [-0.1, -0.05) is 17.7 Å². The molecule has 1 saturated heterocycles. The molecule has 0 saturated carbocycles. The summed E-state index contributed by atoms with van der Waals surface area (Å²) in [4.78, 5) is 11.4. The van der Waals surface area contributed by atoms with Gasteiger partial charge >= 0.3 is 0 Å². The minimum Gasteiger partial charge on any atom is -0.494 e. The van der Waals surface area contributed by atoms with E-state index >= 15 is 0 Å². The summed E-state index contributed by atoms with van der Waals surface area (Å²) in [6.07, 6.45) is 5.24. The van der Waals surface area contributed by atoms with Gasteiger partial charge < -0.3 is 20.3 Å². The van der Waals surface area contributed by atoms with E-state index in [1.54, 1.807) is 24.0 Å². The van der Waals surface area contributed by atoms with Crippen molar-refractivity contribution >= 4 is 34.4 Å². The molecule has 9 heteroatoms. The smallest absolute Gasteiger partial charge is 0.227 e. The number of fused-ring (bicyclic) bond motifs is 1. The molecule has 158 valence electrons. The number of hydrogen-bond acceptors (Lipinski definition) is 7. The van der Waals surface area contributed by atoms with Gasteiger partial charge in [0.15, 0.2) is 0 Å². The zero-order chi connectivity index (χ0) is 21.2. The number of methoxy groups -OCH3 is 1. The Balaban J connectivity index is 1.46. The van der Waals surface area contributed by atoms with Crippen molar-refractivity contribution in [1.29, 1.82) is 0 Å². The maximum absolute atomic E-state index is 6.43. The SMILES string of the molecule is COc1cc(N2CCNCC2)ccc1Nc1ncc(Cl)c(-c2cnn3ccccc23)n1. The quantitative estimate of drug-likeness (QED) is 0.495. The fraction of sp³-hybridized carbons (Fsp3) is 0.227. The van der Waals surface area contributed by atoms with Crippen LogP contribution < -0.4 is 20.3 Å². The molecule has 31 heavy (non-hydrogen) atoms. The number of rotatable bonds is 5. The van der Waals surface area contributed by atoms with Crippen molar-refractivity contribution in [1.82, 2.24) is 24.9 Å². The van der Waals surface area contributed by atoms with E-state index < -0.39 is 0 Å². The van der Waals surface area contributed by atoms with Crippen molar-refractivity contribution < 1.29 is 4.74 Å². The minimum absolute atomic E-state index is 0.433. The second-order valence-corrected chi connectivity index (χ2v) is 7.63. The fourth-order valence-electron chi connectivity index (χ4n) is 3.76. The van der Waals surface area contributed by atoms with E-state index in [0.717, 1.165) is 54.4 Å². The van der Waals surface area contributed by atoms with Crippen molar-refractivity contribution in [3.63, 3.8) is 0 Å². The van der Waals surface area contributed by atoms with Crippen LogP contribution >= 0.6 is 11.6 Å². The lowest BCUT2D eigenvalue weighted by Crippen LogP contribution is -2.43. The fourth-order valence-corrected chi connectivity index (χ4v) is 3.95. The first kappa shape index (κ1) is 19.6. The molecule has 0 atom stereocenters. The highest BCUT2D eigenvalue weighted by molar-refractivity contribution is 6.33. The zero-order valence-electron chi connectivity index (χ0n) is 17.0. The highest BCUT2D eigenvalue weighted by Gasteiger charge is 2.16. The third-order valence-corrected chi connectivity index (χ3v) is 5.62. The Bertz CT molecular complexity index is 1220. The zero-order valence-corrected chi connectivity index (χ0v) is 17.8. The summed E-state index contributed by atoms with van der Waals surface area (Å²) in [5.74, 6) is 1.16. The van der Waals surface area contributed by atoms with Crippen LogP contribution in [-0.2, 0) is 0 Å². The number of ether oxygens (including phenoxy) is 1. The van der Waals surface area contributed by atoms with Gasteiger partial charge in [-0.3, -0.25) is 0 Å². The molecule has 1 aromatic carbocycles. The lowest BCUT2D eigenvalue weighted by molar-refractivity contribution is 0.416. The molecule has 2 N–H and O–H groups in total. The number of halogens is 1. The predicted octanol–water partition coefficient (Wildman–Crippen LogP) is 3.61. The van der Waals surface area contributed by atoms with E-state index in [1.807, 2.05) is 36.5 Å². The lowest BCUT2D eigenvalue weighted by Gasteiger charge is -2.30. The molecular weight excluding hydrogens is 414 g/mol. The van der Waals surface area contributed by atoms with Crippen LogP contribution in [-0.4, -0.2) is 52.9 Å². The highest BCUT2D eigenvalue weighted by Crippen LogP contribution is 2.33. The van der Waals surface area contributed by atoms with Gasteiger partial charge in [0, 0.05) is 49.7 Å². The second kappa shape index (κ2) is 8.41. The molecule has 5 rings (SSSR count). The second-order valence-electron chi connectivity index (χ2n) is 7.23. The Morgan fingerprint density at radius 3 is 2.84 bits per heavy atom. The Labute approximate surface area is 184 Å². The van der Waals surface area contributed by atoms with Crippen molar-refractivity contribution in [3.8, 4) is 17.0 Å². The van der Waals surface area contributed by atoms with Crippen LogP contribution in [0.4, 0.5) is 17.3 Å². The molecule has 1 aliphatic rings. The maximum atomic E-state index is 6.43. The number of pyridine rings is 1. The van der Waals surface area contributed by atoms with Crippen LogP contribution in [0.3, 0.4) is 0 Å². The first-order valence-electron chi connectivity index (χ1n) is 10.1. The normalized spacial score (nSPS) is 14.1. The van der Waals surface area contributed by atoms with Crippen LogP contribution in [0.2, 0.25) is 5.02 Å². The molecule has 0 radical (unpaired) electrons. The Morgan fingerprint density at radius 1 is 1.13 bits per heavy atom. The first-order valence-corrected chi connectivity index (χ1v) is 10.5. The summed E-state index contributed by atoms with van der Waals surface area (Å²) in [7, 11) is 1.66. The van der Waals surface area contributed by atoms with Crippen molar-refractivity contribution in [2.75, 3.05) is 43.5 Å². The monoisotopic (exact) mass is 435 g/mol. The average Bonchev–Trinajstić information content (AvgIpc) is 3.25. The maximum Gasteiger partial charge on any atom is 0.227 e. The Morgan fingerprint density at radius 2 is 2.00 bits per heavy atom. The van der Waals surface area contributed by atoms with Crippen LogP contribution in [0.25, 0.3) is 16.8 Å². The van der Waals surface area contributed by atoms with Gasteiger partial charge in [0.05, 0.1) is 41.4 Å². The van der Waals surface area contributed by atoms with Gasteiger partial charge in [-0.05, 0) is 24.3 Å². The van der Waals surface area contributed by atoms with Crippen molar-refractivity contribution in [3.05, 3.63) is 60.0 Å². The highest BCUT2D eigenvalue weighted by atomic mass is 35.5. The van der Waals surface area contributed by atoms with Crippen molar-refractivity contribution in [2.24, 2.45) is 0 Å². The van der Waals surface area contributed by atoms with Crippen LogP contribution in [0, 0.1) is 0 Å². The van der Waals surface area contributed by atoms with Gasteiger partial charge in [-0.2, -0.15) is 5.10 Å². The van der Waals surface area contributed by atoms with Gasteiger partial charge in [0.1, 0.15) is 5.75 Å². The lowest BCUT2D eigenvalue weighted by atomic mass is 10.2. The predicted molar refractivity (Wildman–Crippen MR) is 123 cm³/mol. The number of nitrogens with zero attached hydrogens (tertiary/aromatic N) is 5. The van der Waals surface area contributed by atoms with Gasteiger partial charge in [0.2, 0.25) is 5.95 Å². The summed E-state index contributed by atoms with van der Waals surface area (Å²) in [6, 6.07) is 12.0. The molecular formula is C22H22ClN7O. The third-order valence-electron chi connectivity index (χ3n) is 5.34. The van der Waals surface area contributed by atoms with E-state index in [9.17, 15) is 0 Å². The molecule has 0 spiro atoms. The molecule has 3 aromatic heterocycles. The molecule has 1 aliphatic heterocycles. The van der Waals surface area contributed by atoms with Crippen LogP contribution in [0.5, 0.6) is 5.75 Å². The van der Waals surface area contributed by atoms with Gasteiger partial charge in [0.25, 0.3) is 0 Å². The number of hydrogen-bond donors (Lipinski definition) is 2. The summed E-state index contributed by atoms with van der Waals surface area (Å²) < 4.78 is 7.42.